The topological polar surface area (TPSA) is 49.8 Å². The molecule has 1 aliphatic rings. The average molecular weight is 271 g/mol. The minimum absolute atomic E-state index is 0.157. The van der Waals surface area contributed by atoms with Crippen molar-refractivity contribution in [3.05, 3.63) is 0 Å². The first-order valence-corrected chi connectivity index (χ1v) is 7.45. The van der Waals surface area contributed by atoms with Crippen LogP contribution < -0.4 is 0 Å². The Labute approximate surface area is 117 Å². The molecule has 0 aromatic rings. The van der Waals surface area contributed by atoms with Gasteiger partial charge in [-0.3, -0.25) is 4.79 Å². The molecule has 0 saturated heterocycles. The number of likely N-dealkylation sites (N-methyl/N-ethyl adjacent to an activating group) is 1. The molecular weight excluding hydrogens is 242 g/mol. The summed E-state index contributed by atoms with van der Waals surface area (Å²) < 4.78 is 4.92. The summed E-state index contributed by atoms with van der Waals surface area (Å²) in [5.41, 5.74) is 0. The summed E-state index contributed by atoms with van der Waals surface area (Å²) in [4.78, 5) is 14.0. The lowest BCUT2D eigenvalue weighted by Crippen LogP contribution is -2.39. The van der Waals surface area contributed by atoms with Crippen LogP contribution in [0.25, 0.3) is 0 Å². The lowest BCUT2D eigenvalue weighted by Gasteiger charge is -2.31. The molecule has 1 N–H and O–H groups in total. The molecule has 0 bridgehead atoms. The van der Waals surface area contributed by atoms with Crippen LogP contribution in [0.5, 0.6) is 0 Å². The van der Waals surface area contributed by atoms with E-state index in [4.69, 9.17) is 4.74 Å². The van der Waals surface area contributed by atoms with Gasteiger partial charge in [-0.15, -0.1) is 0 Å². The van der Waals surface area contributed by atoms with Gasteiger partial charge in [0.2, 0.25) is 0 Å². The van der Waals surface area contributed by atoms with Gasteiger partial charge in [-0.25, -0.2) is 0 Å². The van der Waals surface area contributed by atoms with Crippen LogP contribution in [0.1, 0.15) is 39.0 Å². The number of ketones is 1. The second kappa shape index (κ2) is 8.67. The highest BCUT2D eigenvalue weighted by Crippen LogP contribution is 2.30. The number of Topliss-reactive ketones (excluding diaryl/α,β-unsaturated/α-hetero) is 1. The zero-order valence-corrected chi connectivity index (χ0v) is 12.6. The highest BCUT2D eigenvalue weighted by atomic mass is 16.5. The summed E-state index contributed by atoms with van der Waals surface area (Å²) in [6.45, 7) is 3.88. The molecule has 0 radical (unpaired) electrons. The smallest absolute Gasteiger partial charge is 0.137 e. The lowest BCUT2D eigenvalue weighted by atomic mass is 9.78. The number of ether oxygens (including phenoxy) is 1. The van der Waals surface area contributed by atoms with Crippen molar-refractivity contribution >= 4 is 5.78 Å². The Balaban J connectivity index is 2.38. The van der Waals surface area contributed by atoms with Crippen molar-refractivity contribution < 1.29 is 14.6 Å². The van der Waals surface area contributed by atoms with Gasteiger partial charge in [0.05, 0.1) is 12.7 Å². The Morgan fingerprint density at radius 1 is 1.53 bits per heavy atom. The van der Waals surface area contributed by atoms with Crippen molar-refractivity contribution in [2.24, 2.45) is 11.8 Å². The molecule has 3 atom stereocenters. The number of aliphatic hydroxyl groups is 1. The minimum Gasteiger partial charge on any atom is -0.389 e. The van der Waals surface area contributed by atoms with Gasteiger partial charge in [0.1, 0.15) is 5.78 Å². The maximum absolute atomic E-state index is 12.0. The number of rotatable bonds is 8. The van der Waals surface area contributed by atoms with E-state index in [2.05, 4.69) is 11.8 Å². The molecule has 1 fully saturated rings. The Morgan fingerprint density at radius 2 is 2.26 bits per heavy atom. The monoisotopic (exact) mass is 271 g/mol. The molecule has 0 aromatic carbocycles. The van der Waals surface area contributed by atoms with Crippen LogP contribution in [0.2, 0.25) is 0 Å². The summed E-state index contributed by atoms with van der Waals surface area (Å²) in [6.07, 6.45) is 4.80. The van der Waals surface area contributed by atoms with Crippen LogP contribution in [0, 0.1) is 11.8 Å². The number of methoxy groups -OCH3 is 1. The SMILES string of the molecule is CCCC1CCC(=O)C(CN(C)CC(O)COC)C1. The van der Waals surface area contributed by atoms with Gasteiger partial charge in [0.25, 0.3) is 0 Å². The fourth-order valence-corrected chi connectivity index (χ4v) is 3.10. The highest BCUT2D eigenvalue weighted by molar-refractivity contribution is 5.81. The first-order chi connectivity index (χ1) is 9.06. The van der Waals surface area contributed by atoms with E-state index < -0.39 is 6.10 Å². The van der Waals surface area contributed by atoms with Crippen LogP contribution in [0.3, 0.4) is 0 Å². The number of carbonyl (C=O) groups excluding carboxylic acids is 1. The lowest BCUT2D eigenvalue weighted by molar-refractivity contribution is -0.126. The van der Waals surface area contributed by atoms with Gasteiger partial charge in [0.15, 0.2) is 0 Å². The quantitative estimate of drug-likeness (QED) is 0.730. The highest BCUT2D eigenvalue weighted by Gasteiger charge is 2.29. The summed E-state index contributed by atoms with van der Waals surface area (Å²) in [6, 6.07) is 0. The molecule has 19 heavy (non-hydrogen) atoms. The van der Waals surface area contributed by atoms with Crippen molar-refractivity contribution in [2.75, 3.05) is 33.9 Å². The predicted octanol–water partition coefficient (Wildman–Crippen LogP) is 1.71. The summed E-state index contributed by atoms with van der Waals surface area (Å²) in [5, 5.41) is 9.70. The maximum atomic E-state index is 12.0. The molecule has 0 aliphatic heterocycles. The molecule has 1 rings (SSSR count). The molecule has 1 saturated carbocycles. The first-order valence-electron chi connectivity index (χ1n) is 7.45. The molecule has 0 amide bonds. The summed E-state index contributed by atoms with van der Waals surface area (Å²) in [7, 11) is 3.55. The van der Waals surface area contributed by atoms with E-state index >= 15 is 0 Å². The van der Waals surface area contributed by atoms with Crippen molar-refractivity contribution in [1.82, 2.24) is 4.90 Å². The molecule has 0 spiro atoms. The van der Waals surface area contributed by atoms with Gasteiger partial charge in [-0.2, -0.15) is 0 Å². The Morgan fingerprint density at radius 3 is 2.89 bits per heavy atom. The second-order valence-corrected chi connectivity index (χ2v) is 5.92. The van der Waals surface area contributed by atoms with Crippen molar-refractivity contribution in [3.63, 3.8) is 0 Å². The van der Waals surface area contributed by atoms with E-state index in [1.165, 1.54) is 12.8 Å². The van der Waals surface area contributed by atoms with E-state index in [0.29, 0.717) is 24.9 Å². The number of aliphatic hydroxyl groups excluding tert-OH is 1. The normalized spacial score (nSPS) is 25.8. The molecule has 1 aliphatic carbocycles. The summed E-state index contributed by atoms with van der Waals surface area (Å²) >= 11 is 0. The molecule has 4 nitrogen and oxygen atoms in total. The fraction of sp³-hybridized carbons (Fsp3) is 0.933. The third-order valence-corrected chi connectivity index (χ3v) is 3.98. The summed E-state index contributed by atoms with van der Waals surface area (Å²) in [5.74, 6) is 1.27. The Kier molecular flexibility index (Phi) is 7.57. The third-order valence-electron chi connectivity index (χ3n) is 3.98. The van der Waals surface area contributed by atoms with Crippen LogP contribution in [0.4, 0.5) is 0 Å². The molecule has 3 unspecified atom stereocenters. The molecule has 0 heterocycles. The van der Waals surface area contributed by atoms with E-state index in [-0.39, 0.29) is 5.92 Å². The number of hydrogen-bond donors (Lipinski definition) is 1. The van der Waals surface area contributed by atoms with Gasteiger partial charge in [0, 0.05) is 32.5 Å². The van der Waals surface area contributed by atoms with E-state index in [0.717, 1.165) is 25.8 Å². The van der Waals surface area contributed by atoms with Crippen LogP contribution in [0.15, 0.2) is 0 Å². The van der Waals surface area contributed by atoms with E-state index in [1.54, 1.807) is 7.11 Å². The van der Waals surface area contributed by atoms with Gasteiger partial charge in [-0.05, 0) is 25.8 Å². The Bertz CT molecular complexity index is 270. The van der Waals surface area contributed by atoms with Crippen LogP contribution in [-0.4, -0.2) is 55.7 Å². The second-order valence-electron chi connectivity index (χ2n) is 5.92. The number of nitrogens with zero attached hydrogens (tertiary/aromatic N) is 1. The molecule has 112 valence electrons. The van der Waals surface area contributed by atoms with Crippen LogP contribution >= 0.6 is 0 Å². The van der Waals surface area contributed by atoms with Crippen LogP contribution in [-0.2, 0) is 9.53 Å². The molecule has 4 heteroatoms. The van der Waals surface area contributed by atoms with Crippen molar-refractivity contribution in [1.29, 1.82) is 0 Å². The fourth-order valence-electron chi connectivity index (χ4n) is 3.10. The minimum atomic E-state index is -0.472. The van der Waals surface area contributed by atoms with Crippen molar-refractivity contribution in [3.8, 4) is 0 Å². The maximum Gasteiger partial charge on any atom is 0.137 e. The number of carbonyl (C=O) groups is 1. The predicted molar refractivity (Wildman–Crippen MR) is 76.1 cm³/mol. The first kappa shape index (κ1) is 16.6. The van der Waals surface area contributed by atoms with E-state index in [1.807, 2.05) is 7.05 Å². The standard InChI is InChI=1S/C15H29NO3/c1-4-5-12-6-7-15(18)13(8-12)9-16(2)10-14(17)11-19-3/h12-14,17H,4-11H2,1-3H3. The number of hydrogen-bond acceptors (Lipinski definition) is 4. The largest absolute Gasteiger partial charge is 0.389 e. The average Bonchev–Trinajstić information content (AvgIpc) is 2.34. The van der Waals surface area contributed by atoms with Gasteiger partial charge in [-0.1, -0.05) is 19.8 Å². The molecular formula is C15H29NO3. The van der Waals surface area contributed by atoms with Gasteiger partial charge < -0.3 is 14.7 Å². The van der Waals surface area contributed by atoms with Gasteiger partial charge >= 0.3 is 0 Å². The van der Waals surface area contributed by atoms with E-state index in [9.17, 15) is 9.90 Å². The zero-order valence-electron chi connectivity index (χ0n) is 12.6. The zero-order chi connectivity index (χ0) is 14.3. The third kappa shape index (κ3) is 6.02. The Hall–Kier alpha value is -0.450. The molecule has 0 aromatic heterocycles. The van der Waals surface area contributed by atoms with Crippen molar-refractivity contribution in [2.45, 2.75) is 45.1 Å².